The number of carboxylic acid groups (broad SMARTS) is 4. The Morgan fingerprint density at radius 3 is 0.842 bits per heavy atom. The van der Waals surface area contributed by atoms with Crippen LogP contribution in [0.3, 0.4) is 0 Å². The van der Waals surface area contributed by atoms with Crippen molar-refractivity contribution in [3.8, 4) is 0 Å². The topological polar surface area (TPSA) is 161 Å². The van der Waals surface area contributed by atoms with E-state index in [0.717, 1.165) is 0 Å². The normalized spacial score (nSPS) is 9.26. The first-order valence-corrected chi connectivity index (χ1v) is 4.29. The van der Waals surface area contributed by atoms with Crippen molar-refractivity contribution in [3.63, 3.8) is 0 Å². The van der Waals surface area contributed by atoms with Crippen LogP contribution in [-0.4, -0.2) is 23.9 Å². The molecule has 103 valence electrons. The van der Waals surface area contributed by atoms with Gasteiger partial charge in [-0.05, 0) is 12.1 Å². The molecule has 0 saturated heterocycles. The molecule has 0 fully saturated rings. The molecule has 0 unspecified atom stereocenters. The maximum Gasteiger partial charge on any atom is 0.0722 e. The van der Waals surface area contributed by atoms with Gasteiger partial charge in [0, 0.05) is 39.0 Å². The second kappa shape index (κ2) is 5.97. The number of carboxylic acids is 4. The van der Waals surface area contributed by atoms with E-state index >= 15 is 0 Å². The van der Waals surface area contributed by atoms with Crippen molar-refractivity contribution in [3.05, 3.63) is 34.4 Å². The molecule has 1 rings (SSSR count). The van der Waals surface area contributed by atoms with E-state index < -0.39 is 46.1 Å². The Balaban J connectivity index is 0.00000324. The largest absolute Gasteiger partial charge is 0.545 e. The van der Waals surface area contributed by atoms with E-state index in [1.807, 2.05) is 0 Å². The molecule has 8 nitrogen and oxygen atoms in total. The average Bonchev–Trinajstić information content (AvgIpc) is 2.26. The molecule has 9 heteroatoms. The van der Waals surface area contributed by atoms with Gasteiger partial charge in [0.1, 0.15) is 0 Å². The number of rotatable bonds is 4. The van der Waals surface area contributed by atoms with Gasteiger partial charge in [0.15, 0.2) is 0 Å². The zero-order valence-corrected chi connectivity index (χ0v) is 9.80. The minimum atomic E-state index is -2.00. The first kappa shape index (κ1) is 16.6. The molecule has 0 aliphatic rings. The Morgan fingerprint density at radius 2 is 0.737 bits per heavy atom. The predicted molar refractivity (Wildman–Crippen MR) is 43.8 cm³/mol. The third-order valence-corrected chi connectivity index (χ3v) is 2.04. The summed E-state index contributed by atoms with van der Waals surface area (Å²) in [6.45, 7) is 0. The number of carbonyl (C=O) groups excluding carboxylic acids is 4. The monoisotopic (exact) mass is 309 g/mol. The Bertz CT molecular complexity index is 479. The van der Waals surface area contributed by atoms with Gasteiger partial charge in [-0.3, -0.25) is 0 Å². The van der Waals surface area contributed by atoms with Crippen LogP contribution < -0.4 is 20.4 Å². The first-order valence-electron chi connectivity index (χ1n) is 4.29. The molecule has 0 amide bonds. The van der Waals surface area contributed by atoms with Gasteiger partial charge in [0.25, 0.3) is 0 Å². The van der Waals surface area contributed by atoms with Crippen LogP contribution in [0.5, 0.6) is 0 Å². The summed E-state index contributed by atoms with van der Waals surface area (Å²) in [5, 5.41) is 42.4. The smallest absolute Gasteiger partial charge is 0.0722 e. The third-order valence-electron chi connectivity index (χ3n) is 2.04. The Morgan fingerprint density at radius 1 is 0.579 bits per heavy atom. The predicted octanol–water partition coefficient (Wildman–Crippen LogP) is -4.86. The molecular formula is C10H2CoO8-4. The summed E-state index contributed by atoms with van der Waals surface area (Å²) in [6.07, 6.45) is 0. The van der Waals surface area contributed by atoms with E-state index in [0.29, 0.717) is 12.1 Å². The first-order chi connectivity index (χ1) is 8.25. The molecule has 0 aliphatic heterocycles. The van der Waals surface area contributed by atoms with Crippen LogP contribution in [0, 0.1) is 0 Å². The molecule has 1 aromatic rings. The fourth-order valence-electron chi connectivity index (χ4n) is 1.28. The quantitative estimate of drug-likeness (QED) is 0.535. The summed E-state index contributed by atoms with van der Waals surface area (Å²) in [5.74, 6) is -7.99. The maximum atomic E-state index is 10.6. The van der Waals surface area contributed by atoms with Crippen LogP contribution in [-0.2, 0) is 16.8 Å². The molecule has 0 bridgehead atoms. The minimum Gasteiger partial charge on any atom is -0.545 e. The molecule has 0 atom stereocenters. The zero-order chi connectivity index (χ0) is 14.0. The van der Waals surface area contributed by atoms with E-state index in [9.17, 15) is 39.6 Å². The summed E-state index contributed by atoms with van der Waals surface area (Å²) >= 11 is 0. The molecule has 0 spiro atoms. The average molecular weight is 309 g/mol. The van der Waals surface area contributed by atoms with Crippen LogP contribution in [0.2, 0.25) is 0 Å². The van der Waals surface area contributed by atoms with Crippen LogP contribution in [0.4, 0.5) is 0 Å². The van der Waals surface area contributed by atoms with Crippen molar-refractivity contribution in [1.82, 2.24) is 0 Å². The SMILES string of the molecule is O=C([O-])c1cc(C(=O)[O-])c(C(=O)[O-])cc1C(=O)[O-].[Co]. The number of hydrogen-bond acceptors (Lipinski definition) is 8. The summed E-state index contributed by atoms with van der Waals surface area (Å²) < 4.78 is 0. The van der Waals surface area contributed by atoms with Gasteiger partial charge < -0.3 is 39.6 Å². The summed E-state index contributed by atoms with van der Waals surface area (Å²) in [6, 6.07) is 0.613. The van der Waals surface area contributed by atoms with E-state index in [1.165, 1.54) is 0 Å². The molecule has 1 radical (unpaired) electrons. The standard InChI is InChI=1S/C10H6O8.Co/c11-7(12)3-1-4(8(13)14)6(10(17)18)2-5(3)9(15)16;/h1-2H,(H,11,12)(H,13,14)(H,15,16)(H,17,18);/p-4. The van der Waals surface area contributed by atoms with Gasteiger partial charge in [-0.15, -0.1) is 0 Å². The van der Waals surface area contributed by atoms with Gasteiger partial charge in [-0.25, -0.2) is 0 Å². The molecule has 0 heterocycles. The Kier molecular flexibility index (Phi) is 5.22. The number of carbonyl (C=O) groups is 4. The van der Waals surface area contributed by atoms with Crippen molar-refractivity contribution in [2.75, 3.05) is 0 Å². The van der Waals surface area contributed by atoms with Gasteiger partial charge in [-0.1, -0.05) is 0 Å². The Labute approximate surface area is 115 Å². The van der Waals surface area contributed by atoms with E-state index in [2.05, 4.69) is 0 Å². The van der Waals surface area contributed by atoms with Crippen molar-refractivity contribution >= 4 is 23.9 Å². The molecule has 0 aromatic heterocycles. The fourth-order valence-corrected chi connectivity index (χ4v) is 1.28. The van der Waals surface area contributed by atoms with Crippen LogP contribution in [0.25, 0.3) is 0 Å². The van der Waals surface area contributed by atoms with Gasteiger partial charge in [0.05, 0.1) is 23.9 Å². The Hall–Kier alpha value is -2.39. The molecule has 19 heavy (non-hydrogen) atoms. The van der Waals surface area contributed by atoms with Gasteiger partial charge in [-0.2, -0.15) is 0 Å². The second-order valence-electron chi connectivity index (χ2n) is 3.09. The van der Waals surface area contributed by atoms with Crippen LogP contribution >= 0.6 is 0 Å². The number of hydrogen-bond donors (Lipinski definition) is 0. The molecule has 0 saturated carbocycles. The molecule has 0 aliphatic carbocycles. The summed E-state index contributed by atoms with van der Waals surface area (Å²) in [4.78, 5) is 42.4. The molecular weight excluding hydrogens is 307 g/mol. The van der Waals surface area contributed by atoms with Crippen LogP contribution in [0.15, 0.2) is 12.1 Å². The zero-order valence-electron chi connectivity index (χ0n) is 8.75. The minimum absolute atomic E-state index is 0. The fraction of sp³-hybridized carbons (Fsp3) is 0. The third kappa shape index (κ3) is 3.30. The summed E-state index contributed by atoms with van der Waals surface area (Å²) in [5.41, 5.74) is -4.11. The number of benzene rings is 1. The summed E-state index contributed by atoms with van der Waals surface area (Å²) in [7, 11) is 0. The second-order valence-corrected chi connectivity index (χ2v) is 3.09. The van der Waals surface area contributed by atoms with Crippen molar-refractivity contribution in [2.24, 2.45) is 0 Å². The van der Waals surface area contributed by atoms with Gasteiger partial charge >= 0.3 is 0 Å². The van der Waals surface area contributed by atoms with Crippen molar-refractivity contribution in [1.29, 1.82) is 0 Å². The van der Waals surface area contributed by atoms with Crippen LogP contribution in [0.1, 0.15) is 41.4 Å². The van der Waals surface area contributed by atoms with E-state index in [1.54, 1.807) is 0 Å². The van der Waals surface area contributed by atoms with Crippen molar-refractivity contribution < 1.29 is 56.4 Å². The maximum absolute atomic E-state index is 10.6. The number of aromatic carboxylic acids is 4. The van der Waals surface area contributed by atoms with Crippen molar-refractivity contribution in [2.45, 2.75) is 0 Å². The van der Waals surface area contributed by atoms with E-state index in [-0.39, 0.29) is 16.8 Å². The van der Waals surface area contributed by atoms with Gasteiger partial charge in [0.2, 0.25) is 0 Å². The van der Waals surface area contributed by atoms with E-state index in [4.69, 9.17) is 0 Å². The molecule has 0 N–H and O–H groups in total. The molecule has 1 aromatic carbocycles.